The van der Waals surface area contributed by atoms with Crippen LogP contribution in [0, 0.1) is 5.92 Å². The number of nitrogens with zero attached hydrogens (tertiary/aromatic N) is 11. The molecular weight excluding hydrogens is 1090 g/mol. The van der Waals surface area contributed by atoms with E-state index < -0.39 is 5.97 Å². The molecule has 0 radical (unpaired) electrons. The first-order valence-corrected chi connectivity index (χ1v) is 27.8. The quantitative estimate of drug-likeness (QED) is 0.150. The van der Waals surface area contributed by atoms with Crippen LogP contribution in [0.4, 0.5) is 5.95 Å². The molecule has 18 heteroatoms. The Balaban J connectivity index is 0.000000117. The number of carbonyl (C=O) groups is 1. The van der Waals surface area contributed by atoms with E-state index in [2.05, 4.69) is 157 Å². The van der Waals surface area contributed by atoms with E-state index in [-0.39, 0.29) is 29.3 Å². The van der Waals surface area contributed by atoms with Crippen LogP contribution in [-0.4, -0.2) is 92.6 Å². The Morgan fingerprint density at radius 3 is 1.30 bits per heavy atom. The van der Waals surface area contributed by atoms with Crippen LogP contribution < -0.4 is 4.90 Å². The molecule has 0 saturated carbocycles. The number of piperidine rings is 1. The number of imidazole rings is 3. The highest BCUT2D eigenvalue weighted by molar-refractivity contribution is 9.10. The number of carboxylic acid groups (broad SMARTS) is 1. The lowest BCUT2D eigenvalue weighted by Gasteiger charge is -2.30. The third-order valence-electron chi connectivity index (χ3n) is 15.3. The van der Waals surface area contributed by atoms with Gasteiger partial charge < -0.3 is 37.9 Å². The highest BCUT2D eigenvalue weighted by atomic mass is 79.9. The third kappa shape index (κ3) is 10.3. The summed E-state index contributed by atoms with van der Waals surface area (Å²) in [4.78, 5) is 44.9. The molecule has 4 aliphatic rings. The second kappa shape index (κ2) is 22.5. The fourth-order valence-corrected chi connectivity index (χ4v) is 11.7. The Morgan fingerprint density at radius 2 is 0.887 bits per heavy atom. The van der Waals surface area contributed by atoms with Gasteiger partial charge in [-0.05, 0) is 94.7 Å². The van der Waals surface area contributed by atoms with Crippen molar-refractivity contribution in [2.75, 3.05) is 37.8 Å². The van der Waals surface area contributed by atoms with Gasteiger partial charge in [0, 0.05) is 53.5 Å². The molecule has 4 aliphatic heterocycles. The summed E-state index contributed by atoms with van der Waals surface area (Å²) in [6.45, 7) is 4.87. The minimum Gasteiger partial charge on any atom is -0.481 e. The molecule has 0 spiro atoms. The fourth-order valence-electron chi connectivity index (χ4n) is 11.3. The minimum absolute atomic E-state index is 0.0811. The van der Waals surface area contributed by atoms with Crippen LogP contribution in [0.3, 0.4) is 0 Å². The number of hydrogen-bond donors (Lipinski definition) is 1. The lowest BCUT2D eigenvalue weighted by Crippen LogP contribution is -2.37. The summed E-state index contributed by atoms with van der Waals surface area (Å²) >= 11 is 9.36. The summed E-state index contributed by atoms with van der Waals surface area (Å²) in [5.41, 5.74) is 13.9. The topological polar surface area (TPSA) is 173 Å². The molecule has 1 saturated heterocycles. The molecule has 3 unspecified atom stereocenters. The first-order valence-electron chi connectivity index (χ1n) is 26.6. The molecule has 1 N–H and O–H groups in total. The number of rotatable bonds is 7. The Bertz CT molecular complexity index is 3990. The zero-order chi connectivity index (χ0) is 54.1. The van der Waals surface area contributed by atoms with Crippen LogP contribution in [0.1, 0.15) is 65.1 Å². The number of anilines is 1. The normalized spacial score (nSPS) is 17.9. The molecule has 400 valence electrons. The molecule has 6 aromatic carbocycles. The molecule has 0 aliphatic carbocycles. The smallest absolute Gasteiger partial charge is 0.306 e. The highest BCUT2D eigenvalue weighted by Crippen LogP contribution is 2.36. The van der Waals surface area contributed by atoms with Crippen molar-refractivity contribution in [2.24, 2.45) is 5.92 Å². The zero-order valence-electron chi connectivity index (χ0n) is 43.3. The molecule has 15 rings (SSSR count). The van der Waals surface area contributed by atoms with Gasteiger partial charge in [-0.2, -0.15) is 0 Å². The van der Waals surface area contributed by atoms with Gasteiger partial charge in [0.15, 0.2) is 0 Å². The van der Waals surface area contributed by atoms with Gasteiger partial charge in [-0.15, -0.1) is 0 Å². The van der Waals surface area contributed by atoms with E-state index in [1.807, 2.05) is 60.9 Å². The summed E-state index contributed by atoms with van der Waals surface area (Å²) in [6.07, 6.45) is 8.41. The van der Waals surface area contributed by atoms with Crippen LogP contribution in [0.5, 0.6) is 0 Å². The maximum atomic E-state index is 11.2. The van der Waals surface area contributed by atoms with Crippen LogP contribution >= 0.6 is 27.5 Å². The molecule has 3 atom stereocenters. The molecule has 11 aromatic rings. The van der Waals surface area contributed by atoms with Crippen LogP contribution in [0.15, 0.2) is 175 Å². The fraction of sp³-hybridized carbons (Fsp3) is 0.226. The number of carboxylic acids is 1. The number of aromatic nitrogens is 10. The van der Waals surface area contributed by atoms with Crippen molar-refractivity contribution in [3.63, 3.8) is 0 Å². The minimum atomic E-state index is -0.713. The number of hydrogen-bond acceptors (Lipinski definition) is 12. The Hall–Kier alpha value is -8.19. The van der Waals surface area contributed by atoms with E-state index in [1.54, 1.807) is 12.4 Å². The van der Waals surface area contributed by atoms with Gasteiger partial charge in [-0.25, -0.2) is 34.9 Å². The SMILES string of the molecule is Brc1ccc2nc3n(c2c1)C(c1ccccc1)COC3.Clc1ncc(-c2ccc3nc4n(c3c2)C(c2ccccc2)COC4)cn1.O=C(O)C1CCN(c2ncc(-c3ccc4nc5n(c4c3)C(c3ccccc3)COC5)cn2)CC1. The molecule has 16 nitrogen and oxygen atoms in total. The Morgan fingerprint density at radius 1 is 0.500 bits per heavy atom. The molecule has 9 heterocycles. The van der Waals surface area contributed by atoms with Gasteiger partial charge in [-0.1, -0.05) is 119 Å². The predicted molar refractivity (Wildman–Crippen MR) is 309 cm³/mol. The largest absolute Gasteiger partial charge is 0.481 e. The number of fused-ring (bicyclic) bond motifs is 9. The molecule has 1 fully saturated rings. The Labute approximate surface area is 473 Å². The number of benzene rings is 6. The van der Waals surface area contributed by atoms with Gasteiger partial charge in [-0.3, -0.25) is 4.79 Å². The monoisotopic (exact) mass is 1150 g/mol. The molecule has 0 bridgehead atoms. The van der Waals surface area contributed by atoms with Gasteiger partial charge >= 0.3 is 5.97 Å². The van der Waals surface area contributed by atoms with E-state index in [9.17, 15) is 9.90 Å². The van der Waals surface area contributed by atoms with Crippen molar-refractivity contribution >= 4 is 72.5 Å². The van der Waals surface area contributed by atoms with E-state index in [0.29, 0.717) is 71.5 Å². The molecular formula is C62H53BrClN11O5. The van der Waals surface area contributed by atoms with Crippen molar-refractivity contribution in [2.45, 2.75) is 50.8 Å². The van der Waals surface area contributed by atoms with Crippen molar-refractivity contribution in [1.29, 1.82) is 0 Å². The maximum Gasteiger partial charge on any atom is 0.306 e. The predicted octanol–water partition coefficient (Wildman–Crippen LogP) is 12.1. The maximum absolute atomic E-state index is 11.2. The van der Waals surface area contributed by atoms with Crippen LogP contribution in [-0.2, 0) is 38.8 Å². The third-order valence-corrected chi connectivity index (χ3v) is 16.0. The second-order valence-corrected chi connectivity index (χ2v) is 21.4. The molecule has 5 aromatic heterocycles. The van der Waals surface area contributed by atoms with Gasteiger partial charge in [0.05, 0.1) is 77.0 Å². The Kier molecular flexibility index (Phi) is 14.4. The summed E-state index contributed by atoms with van der Waals surface area (Å²) < 4.78 is 25.3. The van der Waals surface area contributed by atoms with Crippen molar-refractivity contribution < 1.29 is 24.1 Å². The summed E-state index contributed by atoms with van der Waals surface area (Å²) in [5, 5.41) is 9.46. The lowest BCUT2D eigenvalue weighted by molar-refractivity contribution is -0.142. The van der Waals surface area contributed by atoms with Crippen LogP contribution in [0.2, 0.25) is 5.28 Å². The molecule has 0 amide bonds. The van der Waals surface area contributed by atoms with Crippen molar-refractivity contribution in [1.82, 2.24) is 48.6 Å². The number of ether oxygens (including phenoxy) is 3. The van der Waals surface area contributed by atoms with E-state index in [0.717, 1.165) is 77.3 Å². The van der Waals surface area contributed by atoms with Crippen molar-refractivity contribution in [3.8, 4) is 22.3 Å². The average Bonchev–Trinajstić information content (AvgIpc) is 4.37. The van der Waals surface area contributed by atoms with E-state index in [1.165, 1.54) is 16.7 Å². The van der Waals surface area contributed by atoms with Crippen LogP contribution in [0.25, 0.3) is 55.4 Å². The first kappa shape index (κ1) is 51.3. The highest BCUT2D eigenvalue weighted by Gasteiger charge is 2.30. The first-order chi connectivity index (χ1) is 39.3. The van der Waals surface area contributed by atoms with Crippen molar-refractivity contribution in [3.05, 3.63) is 214 Å². The standard InChI is InChI=1S/C26H25N5O3.C20H15ClN4O.C16H13BrN2O/c32-25(33)18-8-10-30(11-9-18)26-27-13-20(14-28-26)19-6-7-21-22(12-19)31-23(15-34-16-24(31)29-21)17-4-2-1-3-5-17;21-20-22-9-15(10-23-20)14-6-7-16-17(8-14)25-18(11-26-12-19(25)24-16)13-4-2-1-3-5-13;17-12-6-7-13-14(8-12)19-15(9-20-10-16(19)18-13)11-4-2-1-3-5-11/h1-7,12-14,18,23H,8-11,15-16H2,(H,32,33);1-10,18H,11-12H2;1-8,15H,9-10H2. The lowest BCUT2D eigenvalue weighted by atomic mass is 9.97. The van der Waals surface area contributed by atoms with E-state index in [4.69, 9.17) is 35.8 Å². The second-order valence-electron chi connectivity index (χ2n) is 20.2. The number of aliphatic carboxylic acids is 1. The summed E-state index contributed by atoms with van der Waals surface area (Å²) in [7, 11) is 0. The van der Waals surface area contributed by atoms with Gasteiger partial charge in [0.2, 0.25) is 11.2 Å². The van der Waals surface area contributed by atoms with Gasteiger partial charge in [0.25, 0.3) is 0 Å². The average molecular weight is 1150 g/mol. The summed E-state index contributed by atoms with van der Waals surface area (Å²) in [6, 6.07) is 50.3. The zero-order valence-corrected chi connectivity index (χ0v) is 45.6. The molecule has 80 heavy (non-hydrogen) atoms. The van der Waals surface area contributed by atoms with E-state index >= 15 is 0 Å². The summed E-state index contributed by atoms with van der Waals surface area (Å²) in [5.74, 6) is 2.55. The van der Waals surface area contributed by atoms with Gasteiger partial charge in [0.1, 0.15) is 37.3 Å². The number of halogens is 2.